The molecule has 2 atom stereocenters. The molecule has 0 saturated carbocycles. The van der Waals surface area contributed by atoms with Crippen molar-refractivity contribution in [3.8, 4) is 0 Å². The van der Waals surface area contributed by atoms with E-state index in [-0.39, 0.29) is 18.0 Å². The lowest BCUT2D eigenvalue weighted by Crippen LogP contribution is -2.52. The predicted molar refractivity (Wildman–Crippen MR) is 62.4 cm³/mol. The van der Waals surface area contributed by atoms with Gasteiger partial charge < -0.3 is 9.64 Å². The third-order valence-corrected chi connectivity index (χ3v) is 2.92. The minimum absolute atomic E-state index is 0.101. The lowest BCUT2D eigenvalue weighted by Gasteiger charge is -2.38. The normalized spacial score (nSPS) is 25.5. The van der Waals surface area contributed by atoms with Crippen LogP contribution in [-0.4, -0.2) is 36.1 Å². The molecule has 2 rings (SSSR count). The van der Waals surface area contributed by atoms with E-state index >= 15 is 0 Å². The summed E-state index contributed by atoms with van der Waals surface area (Å²) in [4.78, 5) is 14.2. The standard InChI is InChI=1S/C13H17NO2/c1-10-8-16-9-11(2)14(10)13(15)12-6-4-3-5-7-12/h3-7,10-11H,8-9H2,1-2H3/t10-,11-/m1/s1. The SMILES string of the molecule is C[C@@H]1COC[C@@H](C)N1C(=O)c1ccccc1. The number of ether oxygens (including phenoxy) is 1. The lowest BCUT2D eigenvalue weighted by atomic mass is 10.1. The van der Waals surface area contributed by atoms with E-state index in [1.807, 2.05) is 49.1 Å². The average Bonchev–Trinajstić information content (AvgIpc) is 2.30. The molecule has 3 heteroatoms. The molecule has 0 aromatic heterocycles. The van der Waals surface area contributed by atoms with Crippen molar-refractivity contribution in [2.45, 2.75) is 25.9 Å². The Balaban J connectivity index is 2.20. The van der Waals surface area contributed by atoms with E-state index in [1.54, 1.807) is 0 Å². The molecule has 0 aliphatic carbocycles. The highest BCUT2D eigenvalue weighted by atomic mass is 16.5. The molecule has 16 heavy (non-hydrogen) atoms. The largest absolute Gasteiger partial charge is 0.377 e. The Morgan fingerprint density at radius 3 is 2.31 bits per heavy atom. The van der Waals surface area contributed by atoms with Crippen LogP contribution in [0.15, 0.2) is 30.3 Å². The highest BCUT2D eigenvalue weighted by Crippen LogP contribution is 2.16. The predicted octanol–water partition coefficient (Wildman–Crippen LogP) is 1.94. The van der Waals surface area contributed by atoms with Crippen LogP contribution >= 0.6 is 0 Å². The summed E-state index contributed by atoms with van der Waals surface area (Å²) in [5, 5.41) is 0. The van der Waals surface area contributed by atoms with Gasteiger partial charge in [-0.2, -0.15) is 0 Å². The van der Waals surface area contributed by atoms with E-state index in [9.17, 15) is 4.79 Å². The number of carbonyl (C=O) groups excluding carboxylic acids is 1. The molecule has 1 saturated heterocycles. The Morgan fingerprint density at radius 2 is 1.75 bits per heavy atom. The van der Waals surface area contributed by atoms with Crippen molar-refractivity contribution in [3.63, 3.8) is 0 Å². The van der Waals surface area contributed by atoms with Crippen LogP contribution in [0.4, 0.5) is 0 Å². The van der Waals surface area contributed by atoms with Crippen LogP contribution in [-0.2, 0) is 4.74 Å². The first kappa shape index (κ1) is 11.1. The third-order valence-electron chi connectivity index (χ3n) is 2.92. The highest BCUT2D eigenvalue weighted by Gasteiger charge is 2.29. The molecule has 0 spiro atoms. The van der Waals surface area contributed by atoms with Gasteiger partial charge in [-0.1, -0.05) is 18.2 Å². The molecular formula is C13H17NO2. The van der Waals surface area contributed by atoms with Crippen LogP contribution in [0.25, 0.3) is 0 Å². The lowest BCUT2D eigenvalue weighted by molar-refractivity contribution is -0.0249. The monoisotopic (exact) mass is 219 g/mol. The summed E-state index contributed by atoms with van der Waals surface area (Å²) in [6.45, 7) is 5.30. The molecule has 1 heterocycles. The van der Waals surface area contributed by atoms with Crippen LogP contribution < -0.4 is 0 Å². The molecule has 1 aromatic carbocycles. The summed E-state index contributed by atoms with van der Waals surface area (Å²) < 4.78 is 5.42. The molecule has 0 radical (unpaired) electrons. The number of amides is 1. The fraction of sp³-hybridized carbons (Fsp3) is 0.462. The second-order valence-corrected chi connectivity index (χ2v) is 4.31. The van der Waals surface area contributed by atoms with E-state index in [1.165, 1.54) is 0 Å². The van der Waals surface area contributed by atoms with E-state index in [0.717, 1.165) is 5.56 Å². The maximum absolute atomic E-state index is 12.3. The van der Waals surface area contributed by atoms with Crippen molar-refractivity contribution in [3.05, 3.63) is 35.9 Å². The topological polar surface area (TPSA) is 29.5 Å². The van der Waals surface area contributed by atoms with Gasteiger partial charge in [0.1, 0.15) is 0 Å². The van der Waals surface area contributed by atoms with Crippen molar-refractivity contribution >= 4 is 5.91 Å². The fourth-order valence-electron chi connectivity index (χ4n) is 2.13. The Morgan fingerprint density at radius 1 is 1.19 bits per heavy atom. The Hall–Kier alpha value is -1.35. The highest BCUT2D eigenvalue weighted by molar-refractivity contribution is 5.94. The van der Waals surface area contributed by atoms with Gasteiger partial charge in [-0.25, -0.2) is 0 Å². The summed E-state index contributed by atoms with van der Waals surface area (Å²) in [7, 11) is 0. The second-order valence-electron chi connectivity index (χ2n) is 4.31. The molecule has 0 N–H and O–H groups in total. The van der Waals surface area contributed by atoms with Crippen LogP contribution in [0.5, 0.6) is 0 Å². The third kappa shape index (κ3) is 2.09. The molecular weight excluding hydrogens is 202 g/mol. The Kier molecular flexibility index (Phi) is 3.25. The number of nitrogens with zero attached hydrogens (tertiary/aromatic N) is 1. The van der Waals surface area contributed by atoms with Crippen LogP contribution in [0.3, 0.4) is 0 Å². The van der Waals surface area contributed by atoms with Crippen molar-refractivity contribution in [1.29, 1.82) is 0 Å². The van der Waals surface area contributed by atoms with E-state index in [2.05, 4.69) is 0 Å². The quantitative estimate of drug-likeness (QED) is 0.722. The maximum atomic E-state index is 12.3. The van der Waals surface area contributed by atoms with Crippen molar-refractivity contribution in [1.82, 2.24) is 4.90 Å². The first-order valence-corrected chi connectivity index (χ1v) is 5.65. The molecule has 0 bridgehead atoms. The van der Waals surface area contributed by atoms with E-state index < -0.39 is 0 Å². The van der Waals surface area contributed by atoms with Crippen molar-refractivity contribution in [2.24, 2.45) is 0 Å². The van der Waals surface area contributed by atoms with E-state index in [0.29, 0.717) is 13.2 Å². The molecule has 3 nitrogen and oxygen atoms in total. The Labute approximate surface area is 96.0 Å². The zero-order valence-corrected chi connectivity index (χ0v) is 9.72. The van der Waals surface area contributed by atoms with Gasteiger partial charge in [-0.3, -0.25) is 4.79 Å². The Bertz CT molecular complexity index is 353. The second kappa shape index (κ2) is 4.66. The molecule has 1 aliphatic heterocycles. The van der Waals surface area contributed by atoms with Gasteiger partial charge in [0.2, 0.25) is 0 Å². The fourth-order valence-corrected chi connectivity index (χ4v) is 2.13. The molecule has 1 aliphatic rings. The summed E-state index contributed by atoms with van der Waals surface area (Å²) in [6.07, 6.45) is 0. The number of hydrogen-bond donors (Lipinski definition) is 0. The summed E-state index contributed by atoms with van der Waals surface area (Å²) in [5.41, 5.74) is 0.753. The van der Waals surface area contributed by atoms with Crippen molar-refractivity contribution in [2.75, 3.05) is 13.2 Å². The van der Waals surface area contributed by atoms with E-state index in [4.69, 9.17) is 4.74 Å². The van der Waals surface area contributed by atoms with Crippen LogP contribution in [0.1, 0.15) is 24.2 Å². The number of benzene rings is 1. The van der Waals surface area contributed by atoms with Gasteiger partial charge in [0.25, 0.3) is 5.91 Å². The van der Waals surface area contributed by atoms with Crippen LogP contribution in [0.2, 0.25) is 0 Å². The number of hydrogen-bond acceptors (Lipinski definition) is 2. The van der Waals surface area contributed by atoms with Gasteiger partial charge in [0.05, 0.1) is 25.3 Å². The number of morpholine rings is 1. The maximum Gasteiger partial charge on any atom is 0.254 e. The first-order valence-electron chi connectivity index (χ1n) is 5.65. The molecule has 86 valence electrons. The van der Waals surface area contributed by atoms with Crippen LogP contribution in [0, 0.1) is 0 Å². The van der Waals surface area contributed by atoms with Gasteiger partial charge in [0.15, 0.2) is 0 Å². The number of rotatable bonds is 1. The van der Waals surface area contributed by atoms with Gasteiger partial charge in [-0.15, -0.1) is 0 Å². The minimum atomic E-state index is 0.101. The van der Waals surface area contributed by atoms with Gasteiger partial charge in [-0.05, 0) is 26.0 Å². The summed E-state index contributed by atoms with van der Waals surface area (Å²) in [5.74, 6) is 0.101. The molecule has 1 aromatic rings. The molecule has 1 fully saturated rings. The van der Waals surface area contributed by atoms with Gasteiger partial charge >= 0.3 is 0 Å². The number of carbonyl (C=O) groups is 1. The zero-order chi connectivity index (χ0) is 11.5. The zero-order valence-electron chi connectivity index (χ0n) is 9.72. The van der Waals surface area contributed by atoms with Gasteiger partial charge in [0, 0.05) is 5.56 Å². The summed E-state index contributed by atoms with van der Waals surface area (Å²) >= 11 is 0. The smallest absolute Gasteiger partial charge is 0.254 e. The first-order chi connectivity index (χ1) is 7.70. The molecule has 0 unspecified atom stereocenters. The summed E-state index contributed by atoms with van der Waals surface area (Å²) in [6, 6.07) is 9.72. The van der Waals surface area contributed by atoms with Crippen molar-refractivity contribution < 1.29 is 9.53 Å². The average molecular weight is 219 g/mol. The minimum Gasteiger partial charge on any atom is -0.377 e. The molecule has 1 amide bonds.